The van der Waals surface area contributed by atoms with Crippen molar-refractivity contribution < 1.29 is 0 Å². The van der Waals surface area contributed by atoms with Crippen LogP contribution in [0.5, 0.6) is 0 Å². The van der Waals surface area contributed by atoms with E-state index >= 15 is 0 Å². The molecule has 1 aliphatic heterocycles. The fourth-order valence-electron chi connectivity index (χ4n) is 3.76. The Morgan fingerprint density at radius 1 is 1.32 bits per heavy atom. The second kappa shape index (κ2) is 9.59. The maximum Gasteiger partial charge on any atom is 0.191 e. The van der Waals surface area contributed by atoms with Crippen molar-refractivity contribution in [1.29, 1.82) is 0 Å². The first-order chi connectivity index (χ1) is 13.6. The van der Waals surface area contributed by atoms with Crippen molar-refractivity contribution >= 4 is 11.6 Å². The number of guanidine groups is 1. The van der Waals surface area contributed by atoms with E-state index in [4.69, 9.17) is 0 Å². The molecule has 1 aromatic carbocycles. The highest BCUT2D eigenvalue weighted by Gasteiger charge is 2.22. The van der Waals surface area contributed by atoms with Gasteiger partial charge in [0.05, 0.1) is 12.2 Å². The van der Waals surface area contributed by atoms with Crippen LogP contribution < -0.4 is 15.5 Å². The molecular weight excluding hydrogens is 350 g/mol. The summed E-state index contributed by atoms with van der Waals surface area (Å²) in [6.45, 7) is 2.87. The Labute approximate surface area is 168 Å². The number of piperidine rings is 1. The van der Waals surface area contributed by atoms with Gasteiger partial charge in [0, 0.05) is 57.2 Å². The molecule has 0 spiro atoms. The molecule has 2 atom stereocenters. The third-order valence-corrected chi connectivity index (χ3v) is 5.30. The highest BCUT2D eigenvalue weighted by atomic mass is 15.3. The fourth-order valence-corrected chi connectivity index (χ4v) is 3.76. The summed E-state index contributed by atoms with van der Waals surface area (Å²) in [5.74, 6) is 0.857. The van der Waals surface area contributed by atoms with Crippen molar-refractivity contribution in [2.45, 2.75) is 24.9 Å². The zero-order valence-corrected chi connectivity index (χ0v) is 17.5. The Morgan fingerprint density at radius 3 is 2.75 bits per heavy atom. The third-order valence-electron chi connectivity index (χ3n) is 5.30. The molecule has 2 aromatic rings. The molecule has 0 saturated carbocycles. The number of likely N-dealkylation sites (N-methyl/N-ethyl adjacent to an activating group) is 1. The quantitative estimate of drug-likeness (QED) is 0.589. The minimum atomic E-state index is 0.236. The van der Waals surface area contributed by atoms with Crippen LogP contribution in [-0.2, 0) is 7.05 Å². The molecule has 0 amide bonds. The molecule has 7 heteroatoms. The molecule has 7 nitrogen and oxygen atoms in total. The predicted molar refractivity (Wildman–Crippen MR) is 116 cm³/mol. The molecule has 0 radical (unpaired) electrons. The zero-order valence-electron chi connectivity index (χ0n) is 17.5. The van der Waals surface area contributed by atoms with E-state index in [0.717, 1.165) is 32.0 Å². The summed E-state index contributed by atoms with van der Waals surface area (Å²) < 4.78 is 1.85. The maximum atomic E-state index is 4.45. The van der Waals surface area contributed by atoms with Gasteiger partial charge in [0.2, 0.25) is 0 Å². The molecule has 1 fully saturated rings. The standard InChI is InChI=1S/C21H33N7/c1-22-21(23-14-20(26(2)3)17-13-24-27(4)15-17)25-18-9-8-12-28(16-18)19-10-6-5-7-11-19/h5-7,10-11,13,15,18,20H,8-9,12,14,16H2,1-4H3,(H2,22,23,25). The van der Waals surface area contributed by atoms with Crippen molar-refractivity contribution in [3.8, 4) is 0 Å². The Balaban J connectivity index is 1.56. The lowest BCUT2D eigenvalue weighted by Crippen LogP contribution is -2.52. The van der Waals surface area contributed by atoms with Crippen LogP contribution in [-0.4, -0.2) is 67.5 Å². The summed E-state index contributed by atoms with van der Waals surface area (Å²) in [7, 11) is 7.97. The van der Waals surface area contributed by atoms with Gasteiger partial charge in [-0.15, -0.1) is 0 Å². The van der Waals surface area contributed by atoms with Crippen molar-refractivity contribution in [3.63, 3.8) is 0 Å². The molecule has 1 aromatic heterocycles. The van der Waals surface area contributed by atoms with E-state index in [9.17, 15) is 0 Å². The predicted octanol–water partition coefficient (Wildman–Crippen LogP) is 1.86. The SMILES string of the molecule is CN=C(NCC(c1cnn(C)c1)N(C)C)NC1CCCN(c2ccccc2)C1. The van der Waals surface area contributed by atoms with Crippen LogP contribution in [0, 0.1) is 0 Å². The van der Waals surface area contributed by atoms with Crippen LogP contribution in [0.3, 0.4) is 0 Å². The van der Waals surface area contributed by atoms with Crippen LogP contribution in [0.4, 0.5) is 5.69 Å². The molecular formula is C21H33N7. The summed E-state index contributed by atoms with van der Waals surface area (Å²) in [6.07, 6.45) is 6.34. The average Bonchev–Trinajstić information content (AvgIpc) is 3.13. The van der Waals surface area contributed by atoms with Gasteiger partial charge in [-0.25, -0.2) is 0 Å². The summed E-state index contributed by atoms with van der Waals surface area (Å²) in [5, 5.41) is 11.4. The van der Waals surface area contributed by atoms with Crippen molar-refractivity contribution in [2.24, 2.45) is 12.0 Å². The second-order valence-corrected chi connectivity index (χ2v) is 7.64. The normalized spacial score (nSPS) is 19.0. The first-order valence-corrected chi connectivity index (χ1v) is 9.99. The minimum Gasteiger partial charge on any atom is -0.369 e. The van der Waals surface area contributed by atoms with E-state index in [-0.39, 0.29) is 6.04 Å². The zero-order chi connectivity index (χ0) is 19.9. The summed E-state index contributed by atoms with van der Waals surface area (Å²) >= 11 is 0. The number of benzene rings is 1. The minimum absolute atomic E-state index is 0.236. The van der Waals surface area contributed by atoms with E-state index in [1.807, 2.05) is 25.0 Å². The molecule has 0 aliphatic carbocycles. The molecule has 2 unspecified atom stereocenters. The monoisotopic (exact) mass is 383 g/mol. The van der Waals surface area contributed by atoms with Gasteiger partial charge in [-0.05, 0) is 39.1 Å². The number of hydrogen-bond acceptors (Lipinski definition) is 4. The Bertz CT molecular complexity index is 753. The summed E-state index contributed by atoms with van der Waals surface area (Å²) in [4.78, 5) is 9.10. The van der Waals surface area contributed by atoms with E-state index in [0.29, 0.717) is 6.04 Å². The number of aliphatic imine (C=N–C) groups is 1. The van der Waals surface area contributed by atoms with E-state index in [1.54, 1.807) is 0 Å². The number of para-hydroxylation sites is 1. The number of hydrogen-bond donors (Lipinski definition) is 2. The molecule has 2 heterocycles. The van der Waals surface area contributed by atoms with Gasteiger partial charge in [-0.3, -0.25) is 9.67 Å². The van der Waals surface area contributed by atoms with Crippen molar-refractivity contribution in [2.75, 3.05) is 45.7 Å². The van der Waals surface area contributed by atoms with Gasteiger partial charge < -0.3 is 20.4 Å². The fraction of sp³-hybridized carbons (Fsp3) is 0.524. The second-order valence-electron chi connectivity index (χ2n) is 7.64. The Morgan fingerprint density at radius 2 is 2.11 bits per heavy atom. The lowest BCUT2D eigenvalue weighted by molar-refractivity contribution is 0.297. The maximum absolute atomic E-state index is 4.45. The van der Waals surface area contributed by atoms with Gasteiger partial charge in [0.1, 0.15) is 0 Å². The molecule has 1 aliphatic rings. The Kier molecular flexibility index (Phi) is 6.92. The smallest absolute Gasteiger partial charge is 0.191 e. The van der Waals surface area contributed by atoms with Crippen molar-refractivity contribution in [3.05, 3.63) is 48.3 Å². The van der Waals surface area contributed by atoms with Crippen LogP contribution in [0.2, 0.25) is 0 Å². The number of aromatic nitrogens is 2. The van der Waals surface area contributed by atoms with Crippen LogP contribution in [0.15, 0.2) is 47.7 Å². The molecule has 3 rings (SSSR count). The number of rotatable bonds is 6. The topological polar surface area (TPSA) is 60.7 Å². The first kappa shape index (κ1) is 20.2. The summed E-state index contributed by atoms with van der Waals surface area (Å²) in [6, 6.07) is 11.3. The van der Waals surface area contributed by atoms with Crippen LogP contribution in [0.1, 0.15) is 24.4 Å². The van der Waals surface area contributed by atoms with Gasteiger partial charge >= 0.3 is 0 Å². The Hall–Kier alpha value is -2.54. The molecule has 2 N–H and O–H groups in total. The largest absolute Gasteiger partial charge is 0.369 e. The number of nitrogens with zero attached hydrogens (tertiary/aromatic N) is 5. The average molecular weight is 384 g/mol. The lowest BCUT2D eigenvalue weighted by Gasteiger charge is -2.35. The lowest BCUT2D eigenvalue weighted by atomic mass is 10.0. The number of anilines is 1. The van der Waals surface area contributed by atoms with E-state index in [1.165, 1.54) is 17.7 Å². The number of aryl methyl sites for hydroxylation is 1. The van der Waals surface area contributed by atoms with Gasteiger partial charge in [0.15, 0.2) is 5.96 Å². The first-order valence-electron chi connectivity index (χ1n) is 9.99. The highest BCUT2D eigenvalue weighted by molar-refractivity contribution is 5.80. The number of nitrogens with one attached hydrogen (secondary N) is 2. The molecule has 0 bridgehead atoms. The van der Waals surface area contributed by atoms with Gasteiger partial charge in [-0.2, -0.15) is 5.10 Å². The van der Waals surface area contributed by atoms with Crippen molar-refractivity contribution in [1.82, 2.24) is 25.3 Å². The molecule has 28 heavy (non-hydrogen) atoms. The molecule has 1 saturated heterocycles. The van der Waals surface area contributed by atoms with Crippen LogP contribution in [0.25, 0.3) is 0 Å². The van der Waals surface area contributed by atoms with E-state index < -0.39 is 0 Å². The summed E-state index contributed by atoms with van der Waals surface area (Å²) in [5.41, 5.74) is 2.49. The van der Waals surface area contributed by atoms with Gasteiger partial charge in [0.25, 0.3) is 0 Å². The van der Waals surface area contributed by atoms with E-state index in [2.05, 4.69) is 81.1 Å². The molecule has 152 valence electrons. The van der Waals surface area contributed by atoms with Crippen LogP contribution >= 0.6 is 0 Å². The van der Waals surface area contributed by atoms with Gasteiger partial charge in [-0.1, -0.05) is 18.2 Å². The highest BCUT2D eigenvalue weighted by Crippen LogP contribution is 2.19. The third kappa shape index (κ3) is 5.25.